The summed E-state index contributed by atoms with van der Waals surface area (Å²) in [6, 6.07) is 5.84. The van der Waals surface area contributed by atoms with Crippen molar-refractivity contribution in [2.45, 2.75) is 52.2 Å². The van der Waals surface area contributed by atoms with Crippen molar-refractivity contribution >= 4 is 16.1 Å². The van der Waals surface area contributed by atoms with Gasteiger partial charge in [-0.25, -0.2) is 9.11 Å². The third-order valence-corrected chi connectivity index (χ3v) is 8.26. The Kier molecular flexibility index (Phi) is 8.84. The number of ether oxygens (including phenoxy) is 2. The molecule has 1 amide bonds. The normalized spacial score (nSPS) is 17.8. The van der Waals surface area contributed by atoms with Gasteiger partial charge in [-0.15, -0.1) is 0 Å². The molecule has 38 heavy (non-hydrogen) atoms. The summed E-state index contributed by atoms with van der Waals surface area (Å²) >= 11 is 0. The molecule has 1 atom stereocenters. The number of pyridine rings is 1. The van der Waals surface area contributed by atoms with Gasteiger partial charge in [0.15, 0.2) is 11.6 Å². The first-order valence-electron chi connectivity index (χ1n) is 12.9. The number of halogens is 2. The van der Waals surface area contributed by atoms with Crippen molar-refractivity contribution in [1.82, 2.24) is 18.9 Å². The Morgan fingerprint density at radius 2 is 1.82 bits per heavy atom. The maximum atomic E-state index is 14.9. The minimum absolute atomic E-state index is 0.185. The zero-order valence-electron chi connectivity index (χ0n) is 21.8. The van der Waals surface area contributed by atoms with Crippen LogP contribution >= 0.6 is 0 Å². The maximum absolute atomic E-state index is 14.9. The minimum Gasteiger partial charge on any atom is -0.492 e. The van der Waals surface area contributed by atoms with E-state index < -0.39 is 45.2 Å². The van der Waals surface area contributed by atoms with Crippen molar-refractivity contribution in [3.05, 3.63) is 53.4 Å². The fraction of sp³-hybridized carbons (Fsp3) is 0.538. The van der Waals surface area contributed by atoms with Gasteiger partial charge in [0.05, 0.1) is 24.1 Å². The average molecular weight is 553 g/mol. The van der Waals surface area contributed by atoms with Crippen LogP contribution in [0.15, 0.2) is 30.5 Å². The molecule has 208 valence electrons. The third-order valence-electron chi connectivity index (χ3n) is 6.77. The number of carbonyl (C=O) groups is 1. The standard InChI is InChI=1S/C26H34F2N4O5S/c1-4-22(21-9-7-19(15-29-21)36-16-18-5-6-18)37-23-10-8-20(24(27)25(23)28)26(33)30-38(34,35)32-13-11-31(12-14-32)17(2)3/h7-10,15,17-18,22H,4-6,11-14,16H2,1-3H3,(H,30,33)/t22-/m1/s1. The van der Waals surface area contributed by atoms with Gasteiger partial charge in [0.25, 0.3) is 5.91 Å². The molecule has 1 N–H and O–H groups in total. The summed E-state index contributed by atoms with van der Waals surface area (Å²) in [5, 5.41) is 0. The van der Waals surface area contributed by atoms with E-state index in [9.17, 15) is 22.0 Å². The summed E-state index contributed by atoms with van der Waals surface area (Å²) in [5.41, 5.74) is -0.223. The van der Waals surface area contributed by atoms with Crippen LogP contribution in [0.2, 0.25) is 0 Å². The average Bonchev–Trinajstić information content (AvgIpc) is 3.73. The van der Waals surface area contributed by atoms with Gasteiger partial charge in [0, 0.05) is 32.2 Å². The zero-order chi connectivity index (χ0) is 27.4. The Morgan fingerprint density at radius 3 is 2.39 bits per heavy atom. The summed E-state index contributed by atoms with van der Waals surface area (Å²) in [6.45, 7) is 7.86. The SMILES string of the molecule is CC[C@@H](Oc1ccc(C(=O)NS(=O)(=O)N2CCN(C(C)C)CC2)c(F)c1F)c1ccc(OCC2CC2)cn1. The fourth-order valence-corrected chi connectivity index (χ4v) is 5.28. The highest BCUT2D eigenvalue weighted by Gasteiger charge is 2.31. The Bertz CT molecular complexity index is 1230. The Balaban J connectivity index is 1.40. The number of benzene rings is 1. The molecule has 1 aromatic heterocycles. The lowest BCUT2D eigenvalue weighted by atomic mass is 10.1. The number of aromatic nitrogens is 1. The van der Waals surface area contributed by atoms with E-state index in [0.717, 1.165) is 16.4 Å². The smallest absolute Gasteiger partial charge is 0.304 e. The highest BCUT2D eigenvalue weighted by atomic mass is 32.2. The van der Waals surface area contributed by atoms with Gasteiger partial charge in [0.1, 0.15) is 11.9 Å². The van der Waals surface area contributed by atoms with Crippen molar-refractivity contribution in [3.8, 4) is 11.5 Å². The number of nitrogens with zero attached hydrogens (tertiary/aromatic N) is 3. The molecule has 2 heterocycles. The molecule has 1 aliphatic heterocycles. The molecule has 1 aliphatic carbocycles. The fourth-order valence-electron chi connectivity index (χ4n) is 4.17. The molecule has 1 aromatic carbocycles. The summed E-state index contributed by atoms with van der Waals surface area (Å²) < 4.78 is 69.4. The topological polar surface area (TPSA) is 101 Å². The monoisotopic (exact) mass is 552 g/mol. The molecule has 0 radical (unpaired) electrons. The molecule has 2 fully saturated rings. The zero-order valence-corrected chi connectivity index (χ0v) is 22.6. The van der Waals surface area contributed by atoms with E-state index in [0.29, 0.717) is 43.5 Å². The number of nitrogens with one attached hydrogen (secondary N) is 1. The number of piperazine rings is 1. The van der Waals surface area contributed by atoms with Crippen LogP contribution in [0.4, 0.5) is 8.78 Å². The Labute approximate surface area is 222 Å². The van der Waals surface area contributed by atoms with Gasteiger partial charge in [-0.05, 0) is 63.3 Å². The van der Waals surface area contributed by atoms with Gasteiger partial charge in [0.2, 0.25) is 5.82 Å². The third kappa shape index (κ3) is 6.78. The van der Waals surface area contributed by atoms with Gasteiger partial charge in [-0.3, -0.25) is 14.7 Å². The molecule has 12 heteroatoms. The Hall–Kier alpha value is -2.83. The van der Waals surface area contributed by atoms with Crippen molar-refractivity contribution < 1.29 is 31.5 Å². The highest BCUT2D eigenvalue weighted by Crippen LogP contribution is 2.31. The second kappa shape index (κ2) is 11.9. The van der Waals surface area contributed by atoms with Crippen molar-refractivity contribution in [1.29, 1.82) is 0 Å². The molecule has 1 saturated heterocycles. The first-order chi connectivity index (χ1) is 18.1. The lowest BCUT2D eigenvalue weighted by Crippen LogP contribution is -2.54. The minimum atomic E-state index is -4.22. The maximum Gasteiger partial charge on any atom is 0.304 e. The lowest BCUT2D eigenvalue weighted by molar-refractivity contribution is 0.0970. The van der Waals surface area contributed by atoms with Crippen LogP contribution in [0.25, 0.3) is 0 Å². The number of hydrogen-bond donors (Lipinski definition) is 1. The van der Waals surface area contributed by atoms with Crippen LogP contribution in [-0.2, 0) is 10.2 Å². The molecule has 0 unspecified atom stereocenters. The summed E-state index contributed by atoms with van der Waals surface area (Å²) in [7, 11) is -4.22. The first kappa shape index (κ1) is 28.2. The van der Waals surface area contributed by atoms with Gasteiger partial charge in [-0.2, -0.15) is 17.1 Å². The predicted molar refractivity (Wildman–Crippen MR) is 137 cm³/mol. The van der Waals surface area contributed by atoms with Crippen molar-refractivity contribution in [3.63, 3.8) is 0 Å². The molecule has 1 saturated carbocycles. The van der Waals surface area contributed by atoms with E-state index in [1.165, 1.54) is 12.8 Å². The Morgan fingerprint density at radius 1 is 1.11 bits per heavy atom. The van der Waals surface area contributed by atoms with E-state index >= 15 is 0 Å². The van der Waals surface area contributed by atoms with Crippen LogP contribution in [0, 0.1) is 17.6 Å². The molecular formula is C26H34F2N4O5S. The largest absolute Gasteiger partial charge is 0.492 e. The molecule has 2 aliphatic rings. The highest BCUT2D eigenvalue weighted by molar-refractivity contribution is 7.87. The molecular weight excluding hydrogens is 518 g/mol. The van der Waals surface area contributed by atoms with E-state index in [1.807, 2.05) is 25.5 Å². The number of carbonyl (C=O) groups excluding carboxylic acids is 1. The molecule has 0 spiro atoms. The van der Waals surface area contributed by atoms with Crippen LogP contribution in [0.3, 0.4) is 0 Å². The van der Waals surface area contributed by atoms with E-state index in [-0.39, 0.29) is 19.1 Å². The van der Waals surface area contributed by atoms with E-state index in [4.69, 9.17) is 9.47 Å². The summed E-state index contributed by atoms with van der Waals surface area (Å²) in [5.74, 6) is -3.32. The molecule has 0 bridgehead atoms. The second-order valence-electron chi connectivity index (χ2n) is 9.89. The predicted octanol–water partition coefficient (Wildman–Crippen LogP) is 3.68. The van der Waals surface area contributed by atoms with Crippen LogP contribution in [0.5, 0.6) is 11.5 Å². The van der Waals surface area contributed by atoms with Gasteiger partial charge in [-0.1, -0.05) is 6.92 Å². The van der Waals surface area contributed by atoms with E-state index in [1.54, 1.807) is 18.3 Å². The van der Waals surface area contributed by atoms with Crippen LogP contribution < -0.4 is 14.2 Å². The van der Waals surface area contributed by atoms with Gasteiger partial charge >= 0.3 is 10.2 Å². The second-order valence-corrected chi connectivity index (χ2v) is 11.6. The quantitative estimate of drug-likeness (QED) is 0.454. The molecule has 2 aromatic rings. The van der Waals surface area contributed by atoms with Crippen molar-refractivity contribution in [2.24, 2.45) is 5.92 Å². The van der Waals surface area contributed by atoms with Crippen LogP contribution in [-0.4, -0.2) is 67.3 Å². The first-order valence-corrected chi connectivity index (χ1v) is 14.3. The van der Waals surface area contributed by atoms with E-state index in [2.05, 4.69) is 9.88 Å². The number of rotatable bonds is 11. The number of amides is 1. The summed E-state index contributed by atoms with van der Waals surface area (Å²) in [6.07, 6.45) is 3.65. The summed E-state index contributed by atoms with van der Waals surface area (Å²) in [4.78, 5) is 19.0. The van der Waals surface area contributed by atoms with Gasteiger partial charge < -0.3 is 9.47 Å². The van der Waals surface area contributed by atoms with Crippen LogP contribution in [0.1, 0.15) is 62.2 Å². The molecule has 4 rings (SSSR count). The molecule has 9 nitrogen and oxygen atoms in total. The van der Waals surface area contributed by atoms with Crippen molar-refractivity contribution in [2.75, 3.05) is 32.8 Å². The lowest BCUT2D eigenvalue weighted by Gasteiger charge is -2.35. The number of hydrogen-bond acceptors (Lipinski definition) is 7.